The van der Waals surface area contributed by atoms with E-state index in [9.17, 15) is 9.59 Å². The van der Waals surface area contributed by atoms with Crippen LogP contribution in [0.25, 0.3) is 0 Å². The standard InChI is InChI=1S/C29H44O3/c1-18(8-7-9-19(2)26(31)32)21-11-12-22-20-10-13-24-27(3,4)25(30)15-17-29(24,6)23(20)14-16-28(21,22)5/h9,18,21-22,24H,7-8,10-17H2,1-6H3,(H,31,32)/b19-9-/t18-,21-,22+,24+,28-,29-/m1/s1. The fourth-order valence-electron chi connectivity index (χ4n) is 8.93. The van der Waals surface area contributed by atoms with Crippen LogP contribution < -0.4 is 0 Å². The summed E-state index contributed by atoms with van der Waals surface area (Å²) < 4.78 is 0. The minimum Gasteiger partial charge on any atom is -0.478 e. The molecular formula is C29H44O3. The lowest BCUT2D eigenvalue weighted by Gasteiger charge is -2.58. The van der Waals surface area contributed by atoms with E-state index in [0.29, 0.717) is 34.5 Å². The number of allylic oxidation sites excluding steroid dienone is 3. The second-order valence-electron chi connectivity index (χ2n) is 12.6. The Morgan fingerprint density at radius 2 is 1.81 bits per heavy atom. The van der Waals surface area contributed by atoms with Crippen LogP contribution in [-0.4, -0.2) is 16.9 Å². The Balaban J connectivity index is 1.55. The van der Waals surface area contributed by atoms with E-state index in [1.807, 2.05) is 6.08 Å². The van der Waals surface area contributed by atoms with Crippen LogP contribution >= 0.6 is 0 Å². The summed E-state index contributed by atoms with van der Waals surface area (Å²) in [4.78, 5) is 23.8. The Labute approximate surface area is 195 Å². The minimum atomic E-state index is -0.797. The molecule has 2 fully saturated rings. The van der Waals surface area contributed by atoms with Crippen LogP contribution in [-0.2, 0) is 9.59 Å². The van der Waals surface area contributed by atoms with Crippen molar-refractivity contribution in [3.8, 4) is 0 Å². The zero-order valence-corrected chi connectivity index (χ0v) is 21.2. The lowest BCUT2D eigenvalue weighted by molar-refractivity contribution is -0.139. The molecule has 3 heteroatoms. The molecule has 0 bridgehead atoms. The molecule has 0 saturated heterocycles. The largest absolute Gasteiger partial charge is 0.478 e. The summed E-state index contributed by atoms with van der Waals surface area (Å²) >= 11 is 0. The molecule has 1 N–H and O–H groups in total. The molecule has 0 aromatic carbocycles. The van der Waals surface area contributed by atoms with E-state index < -0.39 is 5.97 Å². The Morgan fingerprint density at radius 3 is 2.50 bits per heavy atom. The van der Waals surface area contributed by atoms with Gasteiger partial charge in [-0.3, -0.25) is 4.79 Å². The zero-order valence-electron chi connectivity index (χ0n) is 21.2. The number of rotatable bonds is 5. The van der Waals surface area contributed by atoms with Gasteiger partial charge in [0.05, 0.1) is 0 Å². The van der Waals surface area contributed by atoms with E-state index in [4.69, 9.17) is 5.11 Å². The summed E-state index contributed by atoms with van der Waals surface area (Å²) in [5.74, 6) is 2.26. The molecule has 4 aliphatic carbocycles. The Kier molecular flexibility index (Phi) is 6.04. The van der Waals surface area contributed by atoms with Gasteiger partial charge in [-0.2, -0.15) is 0 Å². The molecule has 0 spiro atoms. The first-order valence-electron chi connectivity index (χ1n) is 13.1. The van der Waals surface area contributed by atoms with Crippen LogP contribution in [0, 0.1) is 39.9 Å². The van der Waals surface area contributed by atoms with Crippen molar-refractivity contribution in [2.45, 2.75) is 106 Å². The van der Waals surface area contributed by atoms with E-state index >= 15 is 0 Å². The van der Waals surface area contributed by atoms with Gasteiger partial charge in [0.1, 0.15) is 5.78 Å². The second-order valence-corrected chi connectivity index (χ2v) is 12.6. The van der Waals surface area contributed by atoms with Gasteiger partial charge in [-0.25, -0.2) is 4.79 Å². The molecule has 178 valence electrons. The smallest absolute Gasteiger partial charge is 0.330 e. The maximum Gasteiger partial charge on any atom is 0.330 e. The highest BCUT2D eigenvalue weighted by atomic mass is 16.4. The summed E-state index contributed by atoms with van der Waals surface area (Å²) in [7, 11) is 0. The third-order valence-electron chi connectivity index (χ3n) is 10.9. The average molecular weight is 441 g/mol. The molecular weight excluding hydrogens is 396 g/mol. The zero-order chi connectivity index (χ0) is 23.5. The highest BCUT2D eigenvalue weighted by Gasteiger charge is 2.59. The summed E-state index contributed by atoms with van der Waals surface area (Å²) in [5, 5.41) is 9.12. The van der Waals surface area contributed by atoms with E-state index in [1.54, 1.807) is 18.1 Å². The van der Waals surface area contributed by atoms with Gasteiger partial charge in [-0.1, -0.05) is 51.8 Å². The number of carboxylic acid groups (broad SMARTS) is 1. The number of carbonyl (C=O) groups is 2. The molecule has 0 amide bonds. The lowest BCUT2D eigenvalue weighted by Crippen LogP contribution is -2.52. The van der Waals surface area contributed by atoms with Crippen molar-refractivity contribution in [2.75, 3.05) is 0 Å². The molecule has 32 heavy (non-hydrogen) atoms. The van der Waals surface area contributed by atoms with Gasteiger partial charge >= 0.3 is 5.97 Å². The Morgan fingerprint density at radius 1 is 1.09 bits per heavy atom. The molecule has 2 saturated carbocycles. The topological polar surface area (TPSA) is 54.4 Å². The van der Waals surface area contributed by atoms with Crippen LogP contribution in [0.15, 0.2) is 22.8 Å². The highest BCUT2D eigenvalue weighted by Crippen LogP contribution is 2.67. The number of carbonyl (C=O) groups excluding carboxylic acids is 1. The average Bonchev–Trinajstić information content (AvgIpc) is 3.08. The van der Waals surface area contributed by atoms with Crippen LogP contribution in [0.4, 0.5) is 0 Å². The third-order valence-corrected chi connectivity index (χ3v) is 10.9. The summed E-state index contributed by atoms with van der Waals surface area (Å²) in [6, 6.07) is 0. The molecule has 0 radical (unpaired) electrons. The van der Waals surface area contributed by atoms with Crippen LogP contribution in [0.3, 0.4) is 0 Å². The van der Waals surface area contributed by atoms with Crippen LogP contribution in [0.1, 0.15) is 106 Å². The van der Waals surface area contributed by atoms with Gasteiger partial charge in [0.15, 0.2) is 0 Å². The second kappa shape index (κ2) is 8.13. The number of ketones is 1. The van der Waals surface area contributed by atoms with Crippen molar-refractivity contribution in [1.82, 2.24) is 0 Å². The van der Waals surface area contributed by atoms with Gasteiger partial charge in [0.25, 0.3) is 0 Å². The molecule has 3 nitrogen and oxygen atoms in total. The minimum absolute atomic E-state index is 0.180. The van der Waals surface area contributed by atoms with Gasteiger partial charge in [-0.05, 0) is 99.2 Å². The van der Waals surface area contributed by atoms with Gasteiger partial charge < -0.3 is 5.11 Å². The fraction of sp³-hybridized carbons (Fsp3) is 0.793. The maximum absolute atomic E-state index is 12.7. The lowest BCUT2D eigenvalue weighted by atomic mass is 9.46. The van der Waals surface area contributed by atoms with E-state index in [2.05, 4.69) is 34.6 Å². The molecule has 0 aliphatic heterocycles. The molecule has 0 unspecified atom stereocenters. The number of fused-ring (bicyclic) bond motifs is 4. The van der Waals surface area contributed by atoms with Crippen molar-refractivity contribution in [3.05, 3.63) is 22.8 Å². The first kappa shape index (κ1) is 23.8. The third kappa shape index (κ3) is 3.53. The highest BCUT2D eigenvalue weighted by molar-refractivity contribution is 5.86. The van der Waals surface area contributed by atoms with Crippen LogP contribution in [0.2, 0.25) is 0 Å². The van der Waals surface area contributed by atoms with Crippen molar-refractivity contribution >= 4 is 11.8 Å². The quantitative estimate of drug-likeness (QED) is 0.359. The summed E-state index contributed by atoms with van der Waals surface area (Å²) in [6.45, 7) is 13.6. The SMILES string of the molecule is C/C(=C/CC[C@@H](C)[C@H]1CC[C@H]2C3=C(CC[C@]12C)[C@@]1(C)CCC(=O)C(C)(C)[C@@H]1CC3)C(=O)O. The van der Waals surface area contributed by atoms with E-state index in [1.165, 1.54) is 38.5 Å². The van der Waals surface area contributed by atoms with Crippen molar-refractivity contribution in [2.24, 2.45) is 39.9 Å². The number of aliphatic carboxylic acids is 1. The normalized spacial score (nSPS) is 39.9. The van der Waals surface area contributed by atoms with Crippen molar-refractivity contribution in [3.63, 3.8) is 0 Å². The van der Waals surface area contributed by atoms with Gasteiger partial charge in [0.2, 0.25) is 0 Å². The van der Waals surface area contributed by atoms with E-state index in [0.717, 1.165) is 31.6 Å². The molecule has 4 rings (SSSR count). The molecule has 4 aliphatic rings. The monoisotopic (exact) mass is 440 g/mol. The number of carboxylic acids is 1. The molecule has 6 atom stereocenters. The number of hydrogen-bond acceptors (Lipinski definition) is 2. The Bertz CT molecular complexity index is 862. The van der Waals surface area contributed by atoms with E-state index in [-0.39, 0.29) is 10.8 Å². The predicted molar refractivity (Wildman–Crippen MR) is 129 cm³/mol. The molecule has 0 aromatic heterocycles. The molecule has 0 heterocycles. The summed E-state index contributed by atoms with van der Waals surface area (Å²) in [5.41, 5.74) is 4.44. The Hall–Kier alpha value is -1.38. The fourth-order valence-corrected chi connectivity index (χ4v) is 8.93. The first-order valence-corrected chi connectivity index (χ1v) is 13.1. The number of hydrogen-bond donors (Lipinski definition) is 1. The van der Waals surface area contributed by atoms with Crippen molar-refractivity contribution < 1.29 is 14.7 Å². The number of Topliss-reactive ketones (excluding diaryl/α,β-unsaturated/α-hetero) is 1. The summed E-state index contributed by atoms with van der Waals surface area (Å²) in [6.07, 6.45) is 13.2. The van der Waals surface area contributed by atoms with Crippen LogP contribution in [0.5, 0.6) is 0 Å². The van der Waals surface area contributed by atoms with Gasteiger partial charge in [0, 0.05) is 17.4 Å². The maximum atomic E-state index is 12.7. The predicted octanol–water partition coefficient (Wildman–Crippen LogP) is 7.36. The molecule has 0 aromatic rings. The van der Waals surface area contributed by atoms with Gasteiger partial charge in [-0.15, -0.1) is 0 Å². The first-order chi connectivity index (χ1) is 14.9. The van der Waals surface area contributed by atoms with Crippen molar-refractivity contribution in [1.29, 1.82) is 0 Å².